The number of piperidine rings is 1. The van der Waals surface area contributed by atoms with Crippen molar-refractivity contribution in [1.82, 2.24) is 19.9 Å². The molecule has 0 saturated carbocycles. The van der Waals surface area contributed by atoms with Gasteiger partial charge in [0.2, 0.25) is 0 Å². The Hall–Kier alpha value is -1.07. The Balaban J connectivity index is 1.69. The fourth-order valence-corrected chi connectivity index (χ4v) is 4.89. The quantitative estimate of drug-likeness (QED) is 0.945. The highest BCUT2D eigenvalue weighted by Gasteiger charge is 2.25. The molecule has 4 rings (SSSR count). The van der Waals surface area contributed by atoms with Gasteiger partial charge < -0.3 is 9.88 Å². The third-order valence-corrected chi connectivity index (χ3v) is 6.18. The van der Waals surface area contributed by atoms with Crippen molar-refractivity contribution in [3.05, 3.63) is 24.2 Å². The minimum absolute atomic E-state index is 0.541. The number of imidazole rings is 1. The average molecular weight is 316 g/mol. The predicted molar refractivity (Wildman–Crippen MR) is 92.4 cm³/mol. The van der Waals surface area contributed by atoms with Crippen molar-refractivity contribution in [2.75, 3.05) is 24.6 Å². The molecule has 4 nitrogen and oxygen atoms in total. The smallest absolute Gasteiger partial charge is 0.160 e. The summed E-state index contributed by atoms with van der Waals surface area (Å²) in [5.41, 5.74) is 2.14. The molecule has 2 aromatic rings. The van der Waals surface area contributed by atoms with Crippen molar-refractivity contribution in [3.63, 3.8) is 0 Å². The molecule has 2 saturated heterocycles. The Labute approximate surface area is 136 Å². The van der Waals surface area contributed by atoms with Gasteiger partial charge in [-0.3, -0.25) is 0 Å². The minimum atomic E-state index is 0.541. The number of aromatic nitrogens is 3. The molecule has 2 aliphatic rings. The van der Waals surface area contributed by atoms with Crippen LogP contribution in [0.2, 0.25) is 0 Å². The van der Waals surface area contributed by atoms with Gasteiger partial charge in [0.15, 0.2) is 5.65 Å². The Morgan fingerprint density at radius 1 is 1.32 bits per heavy atom. The van der Waals surface area contributed by atoms with E-state index in [9.17, 15) is 0 Å². The molecule has 0 aromatic carbocycles. The lowest BCUT2D eigenvalue weighted by Crippen LogP contribution is -2.30. The number of hydrogen-bond donors (Lipinski definition) is 1. The first-order valence-corrected chi connectivity index (χ1v) is 9.67. The molecule has 0 bridgehead atoms. The van der Waals surface area contributed by atoms with E-state index in [1.165, 1.54) is 43.0 Å². The van der Waals surface area contributed by atoms with E-state index in [4.69, 9.17) is 4.98 Å². The van der Waals surface area contributed by atoms with Gasteiger partial charge in [0, 0.05) is 25.2 Å². The number of nitrogens with zero attached hydrogens (tertiary/aromatic N) is 3. The minimum Gasteiger partial charge on any atom is -0.316 e. The molecule has 0 amide bonds. The van der Waals surface area contributed by atoms with Gasteiger partial charge in [-0.1, -0.05) is 0 Å². The molecule has 0 radical (unpaired) electrons. The largest absolute Gasteiger partial charge is 0.316 e. The molecule has 0 spiro atoms. The second-order valence-corrected chi connectivity index (χ2v) is 7.70. The lowest BCUT2D eigenvalue weighted by atomic mass is 9.98. The molecular weight excluding hydrogens is 292 g/mol. The van der Waals surface area contributed by atoms with Crippen LogP contribution < -0.4 is 5.32 Å². The van der Waals surface area contributed by atoms with Crippen LogP contribution in [0.5, 0.6) is 0 Å². The SMILES string of the molecule is c1cnc2c(c1)nc(C1CCCNC1)n2CC1CCCSC1. The number of pyridine rings is 1. The summed E-state index contributed by atoms with van der Waals surface area (Å²) in [7, 11) is 0. The topological polar surface area (TPSA) is 42.7 Å². The molecule has 118 valence electrons. The normalized spacial score (nSPS) is 26.4. The summed E-state index contributed by atoms with van der Waals surface area (Å²) in [6, 6.07) is 4.10. The summed E-state index contributed by atoms with van der Waals surface area (Å²) in [6.07, 6.45) is 7.10. The van der Waals surface area contributed by atoms with Crippen molar-refractivity contribution in [3.8, 4) is 0 Å². The number of nitrogens with one attached hydrogen (secondary N) is 1. The highest BCUT2D eigenvalue weighted by Crippen LogP contribution is 2.30. The van der Waals surface area contributed by atoms with Crippen LogP contribution in [-0.2, 0) is 6.54 Å². The Morgan fingerprint density at radius 2 is 2.32 bits per heavy atom. The molecule has 2 fully saturated rings. The average Bonchev–Trinajstić information content (AvgIpc) is 2.95. The fraction of sp³-hybridized carbons (Fsp3) is 0.647. The molecule has 22 heavy (non-hydrogen) atoms. The van der Waals surface area contributed by atoms with E-state index in [1.54, 1.807) is 0 Å². The molecule has 2 aromatic heterocycles. The summed E-state index contributed by atoms with van der Waals surface area (Å²) in [6.45, 7) is 3.29. The lowest BCUT2D eigenvalue weighted by molar-refractivity contribution is 0.401. The Bertz CT molecular complexity index is 627. The van der Waals surface area contributed by atoms with Crippen LogP contribution in [0.3, 0.4) is 0 Å². The van der Waals surface area contributed by atoms with Crippen LogP contribution in [0.1, 0.15) is 37.4 Å². The van der Waals surface area contributed by atoms with Crippen LogP contribution in [-0.4, -0.2) is 39.1 Å². The molecule has 2 atom stereocenters. The first kappa shape index (κ1) is 14.5. The number of hydrogen-bond acceptors (Lipinski definition) is 4. The van der Waals surface area contributed by atoms with E-state index in [0.29, 0.717) is 5.92 Å². The molecule has 2 aliphatic heterocycles. The van der Waals surface area contributed by atoms with E-state index in [0.717, 1.165) is 36.7 Å². The van der Waals surface area contributed by atoms with E-state index < -0.39 is 0 Å². The maximum absolute atomic E-state index is 4.96. The van der Waals surface area contributed by atoms with Gasteiger partial charge in [-0.25, -0.2) is 9.97 Å². The van der Waals surface area contributed by atoms with E-state index in [2.05, 4.69) is 32.7 Å². The van der Waals surface area contributed by atoms with Gasteiger partial charge >= 0.3 is 0 Å². The van der Waals surface area contributed by atoms with Crippen LogP contribution in [0, 0.1) is 5.92 Å². The second kappa shape index (κ2) is 6.59. The van der Waals surface area contributed by atoms with Crippen LogP contribution in [0.25, 0.3) is 11.2 Å². The van der Waals surface area contributed by atoms with Crippen LogP contribution >= 0.6 is 11.8 Å². The number of thioether (sulfide) groups is 1. The molecule has 2 unspecified atom stereocenters. The Morgan fingerprint density at radius 3 is 3.14 bits per heavy atom. The summed E-state index contributed by atoms with van der Waals surface area (Å²) >= 11 is 2.11. The first-order valence-electron chi connectivity index (χ1n) is 8.51. The van der Waals surface area contributed by atoms with Crippen LogP contribution in [0.4, 0.5) is 0 Å². The zero-order chi connectivity index (χ0) is 14.8. The van der Waals surface area contributed by atoms with Crippen molar-refractivity contribution < 1.29 is 0 Å². The highest BCUT2D eigenvalue weighted by atomic mass is 32.2. The monoisotopic (exact) mass is 316 g/mol. The fourth-order valence-electron chi connectivity index (χ4n) is 3.75. The van der Waals surface area contributed by atoms with Crippen molar-refractivity contribution in [1.29, 1.82) is 0 Å². The van der Waals surface area contributed by atoms with Gasteiger partial charge in [-0.15, -0.1) is 0 Å². The second-order valence-electron chi connectivity index (χ2n) is 6.55. The number of fused-ring (bicyclic) bond motifs is 1. The molecule has 1 N–H and O–H groups in total. The predicted octanol–water partition coefficient (Wildman–Crippen LogP) is 3.04. The Kier molecular flexibility index (Phi) is 4.35. The van der Waals surface area contributed by atoms with Crippen molar-refractivity contribution >= 4 is 22.9 Å². The van der Waals surface area contributed by atoms with E-state index >= 15 is 0 Å². The van der Waals surface area contributed by atoms with E-state index in [-0.39, 0.29) is 0 Å². The highest BCUT2D eigenvalue weighted by molar-refractivity contribution is 7.99. The molecule has 4 heterocycles. The first-order chi connectivity index (χ1) is 10.9. The third-order valence-electron chi connectivity index (χ3n) is 4.89. The molecule has 5 heteroatoms. The van der Waals surface area contributed by atoms with Gasteiger partial charge in [0.05, 0.1) is 0 Å². The molecular formula is C17H24N4S. The van der Waals surface area contributed by atoms with Gasteiger partial charge in [0.25, 0.3) is 0 Å². The van der Waals surface area contributed by atoms with Gasteiger partial charge in [0.1, 0.15) is 11.3 Å². The standard InChI is InChI=1S/C17H24N4S/c1-5-14(10-18-7-1)16-20-15-6-2-8-19-17(15)21(16)11-13-4-3-9-22-12-13/h2,6,8,13-14,18H,1,3-5,7,9-12H2. The maximum Gasteiger partial charge on any atom is 0.160 e. The third kappa shape index (κ3) is 2.88. The lowest BCUT2D eigenvalue weighted by Gasteiger charge is -2.26. The summed E-state index contributed by atoms with van der Waals surface area (Å²) in [5.74, 6) is 5.19. The van der Waals surface area contributed by atoms with E-state index in [1.807, 2.05) is 12.3 Å². The molecule has 0 aliphatic carbocycles. The van der Waals surface area contributed by atoms with Gasteiger partial charge in [-0.05, 0) is 61.8 Å². The van der Waals surface area contributed by atoms with Gasteiger partial charge in [-0.2, -0.15) is 11.8 Å². The van der Waals surface area contributed by atoms with Crippen LogP contribution in [0.15, 0.2) is 18.3 Å². The van der Waals surface area contributed by atoms with Crippen molar-refractivity contribution in [2.24, 2.45) is 5.92 Å². The number of rotatable bonds is 3. The summed E-state index contributed by atoms with van der Waals surface area (Å²) in [5, 5.41) is 3.53. The zero-order valence-corrected chi connectivity index (χ0v) is 13.8. The summed E-state index contributed by atoms with van der Waals surface area (Å²) < 4.78 is 2.43. The zero-order valence-electron chi connectivity index (χ0n) is 13.0. The summed E-state index contributed by atoms with van der Waals surface area (Å²) in [4.78, 5) is 9.59. The maximum atomic E-state index is 4.96. The van der Waals surface area contributed by atoms with Crippen molar-refractivity contribution in [2.45, 2.75) is 38.1 Å².